The summed E-state index contributed by atoms with van der Waals surface area (Å²) in [6.45, 7) is 4.34. The van der Waals surface area contributed by atoms with E-state index in [0.717, 1.165) is 25.9 Å². The van der Waals surface area contributed by atoms with Gasteiger partial charge in [-0.3, -0.25) is 4.79 Å². The van der Waals surface area contributed by atoms with Crippen LogP contribution in [0.25, 0.3) is 0 Å². The van der Waals surface area contributed by atoms with Crippen molar-refractivity contribution in [1.82, 2.24) is 9.80 Å². The molecule has 0 spiro atoms. The van der Waals surface area contributed by atoms with Crippen molar-refractivity contribution >= 4 is 5.91 Å². The molecule has 1 heterocycles. The molecule has 1 amide bonds. The van der Waals surface area contributed by atoms with E-state index < -0.39 is 0 Å². The van der Waals surface area contributed by atoms with Crippen LogP contribution in [0.1, 0.15) is 51.4 Å². The minimum Gasteiger partial charge on any atom is -0.344 e. The molecule has 1 saturated carbocycles. The van der Waals surface area contributed by atoms with Crippen LogP contribution in [-0.2, 0) is 4.79 Å². The molecule has 2 aliphatic rings. The summed E-state index contributed by atoms with van der Waals surface area (Å²) in [6.07, 6.45) is 9.15. The van der Waals surface area contributed by atoms with E-state index in [-0.39, 0.29) is 0 Å². The number of carbonyl (C=O) groups excluding carboxylic acids is 1. The van der Waals surface area contributed by atoms with Crippen LogP contribution in [0, 0.1) is 5.92 Å². The first-order valence-electron chi connectivity index (χ1n) is 8.37. The summed E-state index contributed by atoms with van der Waals surface area (Å²) in [7, 11) is 1.95. The molecule has 4 nitrogen and oxygen atoms in total. The van der Waals surface area contributed by atoms with Crippen molar-refractivity contribution in [2.24, 2.45) is 11.7 Å². The second-order valence-corrected chi connectivity index (χ2v) is 6.70. The maximum absolute atomic E-state index is 12.1. The third-order valence-corrected chi connectivity index (χ3v) is 4.97. The van der Waals surface area contributed by atoms with Crippen LogP contribution in [0.4, 0.5) is 0 Å². The van der Waals surface area contributed by atoms with Gasteiger partial charge in [-0.1, -0.05) is 12.8 Å². The zero-order chi connectivity index (χ0) is 14.4. The second kappa shape index (κ2) is 7.99. The van der Waals surface area contributed by atoms with Crippen LogP contribution < -0.4 is 5.73 Å². The van der Waals surface area contributed by atoms with Crippen molar-refractivity contribution in [2.45, 2.75) is 57.4 Å². The number of nitrogens with two attached hydrogens (primary N) is 1. The first-order valence-corrected chi connectivity index (χ1v) is 8.37. The maximum Gasteiger partial charge on any atom is 0.222 e. The fourth-order valence-electron chi connectivity index (χ4n) is 3.54. The first kappa shape index (κ1) is 15.8. The van der Waals surface area contributed by atoms with Crippen molar-refractivity contribution in [3.63, 3.8) is 0 Å². The molecule has 2 rings (SSSR count). The average molecular weight is 281 g/mol. The van der Waals surface area contributed by atoms with Crippen LogP contribution in [-0.4, -0.2) is 55.0 Å². The lowest BCUT2D eigenvalue weighted by atomic mass is 9.83. The zero-order valence-electron chi connectivity index (χ0n) is 13.0. The van der Waals surface area contributed by atoms with Crippen LogP contribution in [0.2, 0.25) is 0 Å². The number of rotatable bonds is 6. The van der Waals surface area contributed by atoms with Gasteiger partial charge in [0.15, 0.2) is 0 Å². The van der Waals surface area contributed by atoms with Crippen LogP contribution in [0.5, 0.6) is 0 Å². The van der Waals surface area contributed by atoms with Gasteiger partial charge in [-0.05, 0) is 51.1 Å². The Bertz CT molecular complexity index is 302. The Hall–Kier alpha value is -0.610. The van der Waals surface area contributed by atoms with E-state index in [9.17, 15) is 4.79 Å². The molecule has 2 fully saturated rings. The number of amides is 1. The number of hydrogen-bond donors (Lipinski definition) is 1. The summed E-state index contributed by atoms with van der Waals surface area (Å²) in [5.74, 6) is 0.984. The summed E-state index contributed by atoms with van der Waals surface area (Å²) in [5, 5.41) is 0. The highest BCUT2D eigenvalue weighted by molar-refractivity contribution is 5.75. The monoisotopic (exact) mass is 281 g/mol. The summed E-state index contributed by atoms with van der Waals surface area (Å²) in [6, 6.07) is 0.372. The van der Waals surface area contributed by atoms with Gasteiger partial charge in [0.05, 0.1) is 0 Å². The molecule has 1 saturated heterocycles. The zero-order valence-corrected chi connectivity index (χ0v) is 13.0. The van der Waals surface area contributed by atoms with E-state index >= 15 is 0 Å². The van der Waals surface area contributed by atoms with Gasteiger partial charge in [0, 0.05) is 32.6 Å². The molecule has 0 aromatic rings. The molecular formula is C16H31N3O. The molecular weight excluding hydrogens is 250 g/mol. The van der Waals surface area contributed by atoms with Gasteiger partial charge in [-0.25, -0.2) is 0 Å². The number of nitrogens with zero attached hydrogens (tertiary/aromatic N) is 2. The standard InChI is InChI=1S/C16H31N3O/c1-18(11-12-19-9-2-3-10-19)16(20)8-7-14-5-4-6-15(17)13-14/h14-15H,2-13,17H2,1H3. The van der Waals surface area contributed by atoms with Crippen molar-refractivity contribution in [1.29, 1.82) is 0 Å². The molecule has 4 heteroatoms. The minimum absolute atomic E-state index is 0.309. The SMILES string of the molecule is CN(CCN1CCCC1)C(=O)CCC1CCCC(N)C1. The molecule has 20 heavy (non-hydrogen) atoms. The van der Waals surface area contributed by atoms with E-state index in [0.29, 0.717) is 24.3 Å². The molecule has 0 aromatic carbocycles. The molecule has 2 unspecified atom stereocenters. The lowest BCUT2D eigenvalue weighted by Crippen LogP contribution is -2.35. The fraction of sp³-hybridized carbons (Fsp3) is 0.938. The molecule has 0 aromatic heterocycles. The maximum atomic E-state index is 12.1. The van der Waals surface area contributed by atoms with Crippen molar-refractivity contribution < 1.29 is 4.79 Å². The summed E-state index contributed by atoms with van der Waals surface area (Å²) in [4.78, 5) is 16.5. The van der Waals surface area contributed by atoms with Gasteiger partial charge in [0.25, 0.3) is 0 Å². The molecule has 2 atom stereocenters. The Morgan fingerprint density at radius 2 is 2.00 bits per heavy atom. The van der Waals surface area contributed by atoms with Gasteiger partial charge in [-0.15, -0.1) is 0 Å². The van der Waals surface area contributed by atoms with Crippen molar-refractivity contribution in [3.8, 4) is 0 Å². The highest BCUT2D eigenvalue weighted by Gasteiger charge is 2.21. The Labute approximate surface area is 123 Å². The van der Waals surface area contributed by atoms with E-state index in [4.69, 9.17) is 5.73 Å². The Morgan fingerprint density at radius 1 is 1.25 bits per heavy atom. The van der Waals surface area contributed by atoms with Crippen LogP contribution in [0.15, 0.2) is 0 Å². The highest BCUT2D eigenvalue weighted by atomic mass is 16.2. The number of carbonyl (C=O) groups is 1. The quantitative estimate of drug-likeness (QED) is 0.808. The van der Waals surface area contributed by atoms with Crippen LogP contribution in [0.3, 0.4) is 0 Å². The molecule has 116 valence electrons. The highest BCUT2D eigenvalue weighted by Crippen LogP contribution is 2.26. The van der Waals surface area contributed by atoms with Crippen molar-refractivity contribution in [2.75, 3.05) is 33.2 Å². The smallest absolute Gasteiger partial charge is 0.222 e. The molecule has 0 radical (unpaired) electrons. The lowest BCUT2D eigenvalue weighted by Gasteiger charge is -2.27. The lowest BCUT2D eigenvalue weighted by molar-refractivity contribution is -0.130. The molecule has 1 aliphatic carbocycles. The Balaban J connectivity index is 1.60. The fourth-order valence-corrected chi connectivity index (χ4v) is 3.54. The van der Waals surface area contributed by atoms with Gasteiger partial charge in [-0.2, -0.15) is 0 Å². The predicted molar refractivity (Wildman–Crippen MR) is 82.5 cm³/mol. The Morgan fingerprint density at radius 3 is 2.70 bits per heavy atom. The second-order valence-electron chi connectivity index (χ2n) is 6.70. The third-order valence-electron chi connectivity index (χ3n) is 4.97. The summed E-state index contributed by atoms with van der Waals surface area (Å²) >= 11 is 0. The molecule has 0 bridgehead atoms. The van der Waals surface area contributed by atoms with Crippen molar-refractivity contribution in [3.05, 3.63) is 0 Å². The largest absolute Gasteiger partial charge is 0.344 e. The Kier molecular flexibility index (Phi) is 6.30. The topological polar surface area (TPSA) is 49.6 Å². The van der Waals surface area contributed by atoms with E-state index in [2.05, 4.69) is 4.90 Å². The normalized spacial score (nSPS) is 27.7. The third kappa shape index (κ3) is 5.06. The van der Waals surface area contributed by atoms with Gasteiger partial charge >= 0.3 is 0 Å². The first-order chi connectivity index (χ1) is 9.65. The number of likely N-dealkylation sites (tertiary alicyclic amines) is 1. The molecule has 1 aliphatic heterocycles. The summed E-state index contributed by atoms with van der Waals surface area (Å²) in [5.41, 5.74) is 6.01. The predicted octanol–water partition coefficient (Wildman–Crippen LogP) is 1.84. The van der Waals surface area contributed by atoms with Crippen LogP contribution >= 0.6 is 0 Å². The minimum atomic E-state index is 0.309. The molecule has 2 N–H and O–H groups in total. The van der Waals surface area contributed by atoms with Gasteiger partial charge < -0.3 is 15.5 Å². The number of hydrogen-bond acceptors (Lipinski definition) is 3. The van der Waals surface area contributed by atoms with E-state index in [1.807, 2.05) is 11.9 Å². The average Bonchev–Trinajstić information content (AvgIpc) is 2.95. The van der Waals surface area contributed by atoms with Gasteiger partial charge in [0.1, 0.15) is 0 Å². The number of likely N-dealkylation sites (N-methyl/N-ethyl adjacent to an activating group) is 1. The van der Waals surface area contributed by atoms with E-state index in [1.165, 1.54) is 45.2 Å². The van der Waals surface area contributed by atoms with E-state index in [1.54, 1.807) is 0 Å². The van der Waals surface area contributed by atoms with Gasteiger partial charge in [0.2, 0.25) is 5.91 Å². The summed E-state index contributed by atoms with van der Waals surface area (Å²) < 4.78 is 0.